The van der Waals surface area contributed by atoms with Gasteiger partial charge < -0.3 is 10.1 Å². The van der Waals surface area contributed by atoms with Crippen molar-refractivity contribution in [1.29, 1.82) is 0 Å². The molecule has 0 aromatic rings. The van der Waals surface area contributed by atoms with E-state index in [0.717, 1.165) is 6.42 Å². The lowest BCUT2D eigenvalue weighted by atomic mass is 9.72. The fourth-order valence-electron chi connectivity index (χ4n) is 1.59. The van der Waals surface area contributed by atoms with Gasteiger partial charge in [0.2, 0.25) is 0 Å². The van der Waals surface area contributed by atoms with Crippen LogP contribution in [0.3, 0.4) is 0 Å². The molecule has 14 heavy (non-hydrogen) atoms. The predicted octanol–water partition coefficient (Wildman–Crippen LogP) is 1.41. The Morgan fingerprint density at radius 1 is 1.43 bits per heavy atom. The number of ketones is 1. The summed E-state index contributed by atoms with van der Waals surface area (Å²) < 4.78 is 4.48. The summed E-state index contributed by atoms with van der Waals surface area (Å²) in [6.45, 7) is 5.25. The SMILES string of the molecule is C=C(C)C(=O)C1(NC(=O)OC)CCC1. The molecule has 1 saturated carbocycles. The van der Waals surface area contributed by atoms with Gasteiger partial charge in [-0.05, 0) is 31.8 Å². The first-order valence-corrected chi connectivity index (χ1v) is 4.58. The lowest BCUT2D eigenvalue weighted by Gasteiger charge is -2.40. The molecule has 1 rings (SSSR count). The molecule has 0 aliphatic heterocycles. The second kappa shape index (κ2) is 3.82. The molecule has 1 fully saturated rings. The second-order valence-corrected chi connectivity index (χ2v) is 3.66. The van der Waals surface area contributed by atoms with E-state index in [-0.39, 0.29) is 5.78 Å². The molecule has 0 saturated heterocycles. The van der Waals surface area contributed by atoms with Gasteiger partial charge in [0.25, 0.3) is 0 Å². The van der Waals surface area contributed by atoms with Crippen LogP contribution < -0.4 is 5.32 Å². The number of rotatable bonds is 3. The zero-order valence-corrected chi connectivity index (χ0v) is 8.55. The van der Waals surface area contributed by atoms with Gasteiger partial charge in [-0.3, -0.25) is 4.79 Å². The van der Waals surface area contributed by atoms with Crippen LogP contribution in [-0.2, 0) is 9.53 Å². The van der Waals surface area contributed by atoms with E-state index in [0.29, 0.717) is 18.4 Å². The number of hydrogen-bond donors (Lipinski definition) is 1. The topological polar surface area (TPSA) is 55.4 Å². The highest BCUT2D eigenvalue weighted by atomic mass is 16.5. The third kappa shape index (κ3) is 1.78. The van der Waals surface area contributed by atoms with E-state index in [4.69, 9.17) is 0 Å². The van der Waals surface area contributed by atoms with Gasteiger partial charge in [-0.1, -0.05) is 6.58 Å². The minimum absolute atomic E-state index is 0.0887. The Morgan fingerprint density at radius 3 is 2.29 bits per heavy atom. The second-order valence-electron chi connectivity index (χ2n) is 3.66. The van der Waals surface area contributed by atoms with E-state index in [1.807, 2.05) is 0 Å². The van der Waals surface area contributed by atoms with E-state index in [1.54, 1.807) is 6.92 Å². The van der Waals surface area contributed by atoms with Crippen molar-refractivity contribution in [3.05, 3.63) is 12.2 Å². The number of Topliss-reactive ketones (excluding diaryl/α,β-unsaturated/α-hetero) is 1. The molecule has 0 unspecified atom stereocenters. The molecule has 1 amide bonds. The van der Waals surface area contributed by atoms with Gasteiger partial charge in [-0.15, -0.1) is 0 Å². The molecule has 0 atom stereocenters. The van der Waals surface area contributed by atoms with E-state index < -0.39 is 11.6 Å². The molecule has 1 N–H and O–H groups in total. The molecular weight excluding hydrogens is 182 g/mol. The normalized spacial score (nSPS) is 17.9. The van der Waals surface area contributed by atoms with E-state index in [1.165, 1.54) is 7.11 Å². The molecule has 0 radical (unpaired) electrons. The maximum atomic E-state index is 11.7. The Balaban J connectivity index is 2.72. The van der Waals surface area contributed by atoms with Crippen molar-refractivity contribution in [1.82, 2.24) is 5.32 Å². The number of nitrogens with one attached hydrogen (secondary N) is 1. The smallest absolute Gasteiger partial charge is 0.407 e. The van der Waals surface area contributed by atoms with Gasteiger partial charge in [-0.2, -0.15) is 0 Å². The number of amides is 1. The minimum Gasteiger partial charge on any atom is -0.453 e. The Labute approximate surface area is 83.3 Å². The van der Waals surface area contributed by atoms with Gasteiger partial charge in [-0.25, -0.2) is 4.79 Å². The van der Waals surface area contributed by atoms with E-state index in [2.05, 4.69) is 16.6 Å². The van der Waals surface area contributed by atoms with E-state index >= 15 is 0 Å². The first-order valence-electron chi connectivity index (χ1n) is 4.58. The lowest BCUT2D eigenvalue weighted by Crippen LogP contribution is -2.59. The predicted molar refractivity (Wildman–Crippen MR) is 51.9 cm³/mol. The summed E-state index contributed by atoms with van der Waals surface area (Å²) in [5.74, 6) is -0.0887. The third-order valence-electron chi connectivity index (χ3n) is 2.56. The van der Waals surface area contributed by atoms with E-state index in [9.17, 15) is 9.59 Å². The summed E-state index contributed by atoms with van der Waals surface area (Å²) in [7, 11) is 1.28. The van der Waals surface area contributed by atoms with Crippen LogP contribution in [0.1, 0.15) is 26.2 Å². The molecule has 4 heteroatoms. The van der Waals surface area contributed by atoms with Crippen LogP contribution in [0.2, 0.25) is 0 Å². The van der Waals surface area contributed by atoms with Crippen molar-refractivity contribution in [3.8, 4) is 0 Å². The van der Waals surface area contributed by atoms with Crippen molar-refractivity contribution in [3.63, 3.8) is 0 Å². The molecule has 0 heterocycles. The summed E-state index contributed by atoms with van der Waals surface area (Å²) in [4.78, 5) is 22.8. The summed E-state index contributed by atoms with van der Waals surface area (Å²) in [6.07, 6.45) is 1.74. The maximum absolute atomic E-state index is 11.7. The van der Waals surface area contributed by atoms with Gasteiger partial charge in [0.15, 0.2) is 5.78 Å². The number of alkyl carbamates (subject to hydrolysis) is 1. The lowest BCUT2D eigenvalue weighted by molar-refractivity contribution is -0.124. The van der Waals surface area contributed by atoms with Crippen molar-refractivity contribution in [2.45, 2.75) is 31.7 Å². The van der Waals surface area contributed by atoms with Gasteiger partial charge >= 0.3 is 6.09 Å². The van der Waals surface area contributed by atoms with Crippen LogP contribution in [0.25, 0.3) is 0 Å². The van der Waals surface area contributed by atoms with Crippen LogP contribution in [0.4, 0.5) is 4.79 Å². The monoisotopic (exact) mass is 197 g/mol. The average Bonchev–Trinajstić information content (AvgIpc) is 2.09. The molecule has 1 aliphatic carbocycles. The molecule has 78 valence electrons. The summed E-state index contributed by atoms with van der Waals surface area (Å²) in [5.41, 5.74) is -0.264. The number of ether oxygens (including phenoxy) is 1. The highest BCUT2D eigenvalue weighted by molar-refractivity contribution is 6.04. The van der Waals surface area contributed by atoms with Gasteiger partial charge in [0.1, 0.15) is 5.54 Å². The number of hydrogen-bond acceptors (Lipinski definition) is 3. The minimum atomic E-state index is -0.737. The summed E-state index contributed by atoms with van der Waals surface area (Å²) in [5, 5.41) is 2.59. The van der Waals surface area contributed by atoms with Crippen LogP contribution in [0, 0.1) is 0 Å². The highest BCUT2D eigenvalue weighted by Gasteiger charge is 2.45. The standard InChI is InChI=1S/C10H15NO3/c1-7(2)8(12)10(5-4-6-10)11-9(13)14-3/h1,4-6H2,2-3H3,(H,11,13). The van der Waals surface area contributed by atoms with Crippen LogP contribution >= 0.6 is 0 Å². The Bertz CT molecular complexity index is 279. The van der Waals surface area contributed by atoms with Crippen LogP contribution in [0.15, 0.2) is 12.2 Å². The van der Waals surface area contributed by atoms with Crippen molar-refractivity contribution in [2.24, 2.45) is 0 Å². The molecule has 0 aromatic carbocycles. The Hall–Kier alpha value is -1.32. The zero-order valence-electron chi connectivity index (χ0n) is 8.55. The first-order chi connectivity index (χ1) is 6.52. The summed E-state index contributed by atoms with van der Waals surface area (Å²) in [6, 6.07) is 0. The van der Waals surface area contributed by atoms with Crippen LogP contribution in [-0.4, -0.2) is 24.5 Å². The Morgan fingerprint density at radius 2 is 2.00 bits per heavy atom. The fraction of sp³-hybridized carbons (Fsp3) is 0.600. The molecule has 0 spiro atoms. The number of carbonyl (C=O) groups is 2. The Kier molecular flexibility index (Phi) is 2.93. The number of methoxy groups -OCH3 is 1. The van der Waals surface area contributed by atoms with Crippen molar-refractivity contribution in [2.75, 3.05) is 7.11 Å². The van der Waals surface area contributed by atoms with Crippen LogP contribution in [0.5, 0.6) is 0 Å². The van der Waals surface area contributed by atoms with Crippen molar-refractivity contribution >= 4 is 11.9 Å². The molecule has 0 bridgehead atoms. The fourth-order valence-corrected chi connectivity index (χ4v) is 1.59. The first kappa shape index (κ1) is 10.8. The molecule has 0 aromatic heterocycles. The van der Waals surface area contributed by atoms with Crippen molar-refractivity contribution < 1.29 is 14.3 Å². The zero-order chi connectivity index (χ0) is 10.8. The molecular formula is C10H15NO3. The third-order valence-corrected chi connectivity index (χ3v) is 2.56. The summed E-state index contributed by atoms with van der Waals surface area (Å²) >= 11 is 0. The average molecular weight is 197 g/mol. The highest BCUT2D eigenvalue weighted by Crippen LogP contribution is 2.34. The quantitative estimate of drug-likeness (QED) is 0.696. The molecule has 4 nitrogen and oxygen atoms in total. The number of carbonyl (C=O) groups excluding carboxylic acids is 2. The van der Waals surface area contributed by atoms with Gasteiger partial charge in [0.05, 0.1) is 7.11 Å². The van der Waals surface area contributed by atoms with Gasteiger partial charge in [0, 0.05) is 0 Å². The molecule has 1 aliphatic rings. The largest absolute Gasteiger partial charge is 0.453 e. The maximum Gasteiger partial charge on any atom is 0.407 e.